The van der Waals surface area contributed by atoms with Crippen molar-refractivity contribution in [3.05, 3.63) is 146 Å². The lowest BCUT2D eigenvalue weighted by molar-refractivity contribution is 1.02. The molecule has 0 aliphatic heterocycles. The minimum absolute atomic E-state index is 1.18. The topological polar surface area (TPSA) is 14.3 Å². The third-order valence-electron chi connectivity index (χ3n) is 10.4. The van der Waals surface area contributed by atoms with E-state index in [2.05, 4.69) is 166 Å². The lowest BCUT2D eigenvalue weighted by atomic mass is 9.96. The van der Waals surface area contributed by atoms with Crippen molar-refractivity contribution in [3.8, 4) is 16.8 Å². The van der Waals surface area contributed by atoms with Gasteiger partial charge in [0, 0.05) is 66.9 Å². The summed E-state index contributed by atoms with van der Waals surface area (Å²) in [7, 11) is 2.23. The van der Waals surface area contributed by atoms with Gasteiger partial charge in [0.25, 0.3) is 0 Å². The van der Waals surface area contributed by atoms with Crippen LogP contribution in [-0.2, 0) is 7.05 Å². The van der Waals surface area contributed by atoms with Crippen LogP contribution in [0.4, 0.5) is 0 Å². The van der Waals surface area contributed by atoms with Gasteiger partial charge in [-0.25, -0.2) is 0 Å². The van der Waals surface area contributed by atoms with Crippen LogP contribution in [0.15, 0.2) is 146 Å². The molecule has 0 bridgehead atoms. The number of para-hydroxylation sites is 5. The summed E-state index contributed by atoms with van der Waals surface area (Å²) in [5, 5.41) is 10.4. The van der Waals surface area contributed by atoms with E-state index in [0.717, 1.165) is 0 Å². The first-order chi connectivity index (χ1) is 22.8. The molecule has 0 amide bonds. The minimum Gasteiger partial charge on any atom is -0.343 e. The number of nitrogens with zero attached hydrogens (tertiary/aromatic N) is 3. The summed E-state index contributed by atoms with van der Waals surface area (Å²) in [5.41, 5.74) is 12.5. The average Bonchev–Trinajstić information content (AvgIpc) is 3.83. The van der Waals surface area contributed by atoms with Crippen molar-refractivity contribution < 1.29 is 0 Å². The van der Waals surface area contributed by atoms with Crippen LogP contribution < -0.4 is 0 Å². The maximum Gasteiger partial charge on any atom is 0.0620 e. The molecule has 7 aromatic carbocycles. The molecule has 11 aromatic rings. The number of rotatable bonds is 2. The van der Waals surface area contributed by atoms with E-state index in [1.54, 1.807) is 0 Å². The molecule has 0 fully saturated rings. The molecule has 214 valence electrons. The van der Waals surface area contributed by atoms with Crippen molar-refractivity contribution >= 4 is 81.7 Å². The Balaban J connectivity index is 1.34. The van der Waals surface area contributed by atoms with Gasteiger partial charge in [-0.05, 0) is 54.1 Å². The molecule has 0 radical (unpaired) electrons. The van der Waals surface area contributed by atoms with Crippen LogP contribution in [0.1, 0.15) is 0 Å². The Morgan fingerprint density at radius 1 is 0.391 bits per heavy atom. The van der Waals surface area contributed by atoms with Crippen molar-refractivity contribution in [1.29, 1.82) is 0 Å². The van der Waals surface area contributed by atoms with E-state index in [1.807, 2.05) is 0 Å². The highest BCUT2D eigenvalue weighted by Gasteiger charge is 2.24. The Bertz CT molecular complexity index is 3020. The van der Waals surface area contributed by atoms with E-state index < -0.39 is 0 Å². The SMILES string of the molecule is Cn1c2ccccc2c2c3c4cccc5c6ccccc6n(c3cc(-c3ccc6c(c3)c3ccccc3n6-c3ccccc3)c21)c54. The molecular formula is C43H27N3. The van der Waals surface area contributed by atoms with E-state index in [-0.39, 0.29) is 0 Å². The monoisotopic (exact) mass is 585 g/mol. The van der Waals surface area contributed by atoms with Gasteiger partial charge < -0.3 is 13.5 Å². The molecular weight excluding hydrogens is 558 g/mol. The van der Waals surface area contributed by atoms with Crippen LogP contribution in [0, 0.1) is 0 Å². The first-order valence-electron chi connectivity index (χ1n) is 15.9. The van der Waals surface area contributed by atoms with Gasteiger partial charge in [-0.1, -0.05) is 97.1 Å². The van der Waals surface area contributed by atoms with Crippen molar-refractivity contribution in [1.82, 2.24) is 13.5 Å². The molecule has 3 heteroatoms. The molecule has 0 aliphatic rings. The van der Waals surface area contributed by atoms with E-state index in [0.29, 0.717) is 0 Å². The highest BCUT2D eigenvalue weighted by Crippen LogP contribution is 2.47. The first kappa shape index (κ1) is 24.3. The highest BCUT2D eigenvalue weighted by atomic mass is 15.0. The molecule has 0 saturated heterocycles. The number of aromatic nitrogens is 3. The van der Waals surface area contributed by atoms with Crippen molar-refractivity contribution in [2.45, 2.75) is 0 Å². The van der Waals surface area contributed by atoms with Gasteiger partial charge >= 0.3 is 0 Å². The van der Waals surface area contributed by atoms with Crippen LogP contribution in [0.25, 0.3) is 98.5 Å². The Kier molecular flexibility index (Phi) is 4.52. The number of hydrogen-bond acceptors (Lipinski definition) is 0. The number of aryl methyl sites for hydroxylation is 1. The van der Waals surface area contributed by atoms with E-state index in [9.17, 15) is 0 Å². The highest BCUT2D eigenvalue weighted by molar-refractivity contribution is 6.34. The summed E-state index contributed by atoms with van der Waals surface area (Å²) < 4.78 is 7.31. The van der Waals surface area contributed by atoms with Gasteiger partial charge in [-0.15, -0.1) is 0 Å². The van der Waals surface area contributed by atoms with Gasteiger partial charge in [-0.2, -0.15) is 0 Å². The number of fused-ring (bicyclic) bond motifs is 13. The molecule has 46 heavy (non-hydrogen) atoms. The summed E-state index contributed by atoms with van der Waals surface area (Å²) >= 11 is 0. The zero-order valence-electron chi connectivity index (χ0n) is 25.2. The first-order valence-corrected chi connectivity index (χ1v) is 15.9. The van der Waals surface area contributed by atoms with E-state index in [1.165, 1.54) is 98.5 Å². The fraction of sp³-hybridized carbons (Fsp3) is 0.0233. The van der Waals surface area contributed by atoms with E-state index in [4.69, 9.17) is 0 Å². The maximum absolute atomic E-state index is 2.51. The second kappa shape index (κ2) is 8.56. The molecule has 3 nitrogen and oxygen atoms in total. The largest absolute Gasteiger partial charge is 0.343 e. The van der Waals surface area contributed by atoms with Crippen LogP contribution in [-0.4, -0.2) is 13.5 Å². The Labute approximate surface area is 264 Å². The zero-order chi connectivity index (χ0) is 30.1. The van der Waals surface area contributed by atoms with E-state index >= 15 is 0 Å². The van der Waals surface area contributed by atoms with Crippen LogP contribution in [0.3, 0.4) is 0 Å². The van der Waals surface area contributed by atoms with Gasteiger partial charge in [0.1, 0.15) is 0 Å². The third kappa shape index (κ3) is 2.89. The molecule has 0 spiro atoms. The van der Waals surface area contributed by atoms with Crippen molar-refractivity contribution in [2.24, 2.45) is 7.05 Å². The summed E-state index contributed by atoms with van der Waals surface area (Å²) in [5.74, 6) is 0. The van der Waals surface area contributed by atoms with Crippen LogP contribution in [0.5, 0.6) is 0 Å². The Morgan fingerprint density at radius 3 is 1.85 bits per heavy atom. The number of benzene rings is 7. The summed E-state index contributed by atoms with van der Waals surface area (Å²) in [6, 6.07) is 53.6. The third-order valence-corrected chi connectivity index (χ3v) is 10.4. The van der Waals surface area contributed by atoms with Gasteiger partial charge in [-0.3, -0.25) is 0 Å². The lowest BCUT2D eigenvalue weighted by Gasteiger charge is -2.11. The number of hydrogen-bond donors (Lipinski definition) is 0. The smallest absolute Gasteiger partial charge is 0.0620 e. The van der Waals surface area contributed by atoms with Crippen LogP contribution in [0.2, 0.25) is 0 Å². The minimum atomic E-state index is 1.18. The normalized spacial score (nSPS) is 12.5. The molecule has 4 heterocycles. The summed E-state index contributed by atoms with van der Waals surface area (Å²) in [6.45, 7) is 0. The van der Waals surface area contributed by atoms with Crippen LogP contribution >= 0.6 is 0 Å². The zero-order valence-corrected chi connectivity index (χ0v) is 25.2. The standard InChI is InChI=1S/C43H27N3/c1-44-35-19-8-7-16-31(35)41-40-32-18-11-17-30-28-14-5-10-21-37(28)46(42(30)32)39(40)25-33(43(41)44)26-22-23-38-34(24-26)29-15-6-9-20-36(29)45(38)27-12-3-2-4-13-27/h2-25H,1H3. The summed E-state index contributed by atoms with van der Waals surface area (Å²) in [4.78, 5) is 0. The molecule has 0 aliphatic carbocycles. The molecule has 0 atom stereocenters. The van der Waals surface area contributed by atoms with Crippen molar-refractivity contribution in [2.75, 3.05) is 0 Å². The Hall–Kier alpha value is -6.06. The Morgan fingerprint density at radius 2 is 1.02 bits per heavy atom. The quantitative estimate of drug-likeness (QED) is 0.192. The predicted octanol–water partition coefficient (Wildman–Crippen LogP) is 11.2. The molecule has 0 unspecified atom stereocenters. The summed E-state index contributed by atoms with van der Waals surface area (Å²) in [6.07, 6.45) is 0. The molecule has 11 rings (SSSR count). The second-order valence-electron chi connectivity index (χ2n) is 12.6. The molecule has 0 N–H and O–H groups in total. The van der Waals surface area contributed by atoms with Crippen molar-refractivity contribution in [3.63, 3.8) is 0 Å². The molecule has 0 saturated carbocycles. The molecule has 4 aromatic heterocycles. The average molecular weight is 586 g/mol. The predicted molar refractivity (Wildman–Crippen MR) is 195 cm³/mol. The van der Waals surface area contributed by atoms with Gasteiger partial charge in [0.15, 0.2) is 0 Å². The fourth-order valence-electron chi connectivity index (χ4n) is 8.50. The van der Waals surface area contributed by atoms with Gasteiger partial charge in [0.05, 0.1) is 33.1 Å². The fourth-order valence-corrected chi connectivity index (χ4v) is 8.50. The van der Waals surface area contributed by atoms with Gasteiger partial charge in [0.2, 0.25) is 0 Å². The second-order valence-corrected chi connectivity index (χ2v) is 12.6. The maximum atomic E-state index is 2.51. The lowest BCUT2D eigenvalue weighted by Crippen LogP contribution is -1.93.